The maximum atomic E-state index is 12.8. The number of carbonyl (C=O) groups is 1. The highest BCUT2D eigenvalue weighted by atomic mass is 35.5. The second-order valence-electron chi connectivity index (χ2n) is 7.48. The van der Waals surface area contributed by atoms with Crippen LogP contribution in [0.3, 0.4) is 0 Å². The topological polar surface area (TPSA) is 68.2 Å². The molecule has 6 nitrogen and oxygen atoms in total. The lowest BCUT2D eigenvalue weighted by atomic mass is 9.92. The van der Waals surface area contributed by atoms with Crippen molar-refractivity contribution in [3.8, 4) is 0 Å². The molecule has 1 aliphatic heterocycles. The zero-order chi connectivity index (χ0) is 18.0. The van der Waals surface area contributed by atoms with Gasteiger partial charge in [0, 0.05) is 25.7 Å². The summed E-state index contributed by atoms with van der Waals surface area (Å²) in [5.74, 6) is 0.943. The lowest BCUT2D eigenvalue weighted by Crippen LogP contribution is -2.32. The zero-order valence-corrected chi connectivity index (χ0v) is 16.7. The second kappa shape index (κ2) is 8.59. The molecule has 1 aromatic carbocycles. The van der Waals surface area contributed by atoms with E-state index in [0.717, 1.165) is 69.6 Å². The van der Waals surface area contributed by atoms with Crippen LogP contribution in [0.5, 0.6) is 0 Å². The van der Waals surface area contributed by atoms with Gasteiger partial charge in [-0.1, -0.05) is 12.1 Å². The summed E-state index contributed by atoms with van der Waals surface area (Å²) < 4.78 is 7.58. The van der Waals surface area contributed by atoms with Gasteiger partial charge >= 0.3 is 0 Å². The van der Waals surface area contributed by atoms with Crippen LogP contribution in [0, 0.1) is 11.3 Å². The van der Waals surface area contributed by atoms with E-state index >= 15 is 0 Å². The Hall–Kier alpha value is -1.63. The number of benzene rings is 1. The summed E-state index contributed by atoms with van der Waals surface area (Å²) in [5.41, 5.74) is 2.22. The van der Waals surface area contributed by atoms with Crippen molar-refractivity contribution in [3.63, 3.8) is 0 Å². The number of imidazole rings is 1. The van der Waals surface area contributed by atoms with Crippen LogP contribution in [0.1, 0.15) is 32.6 Å². The van der Waals surface area contributed by atoms with Gasteiger partial charge in [-0.2, -0.15) is 0 Å². The molecule has 1 spiro atoms. The van der Waals surface area contributed by atoms with Gasteiger partial charge in [0.1, 0.15) is 0 Å². The van der Waals surface area contributed by atoms with E-state index in [0.29, 0.717) is 5.95 Å². The number of anilines is 1. The summed E-state index contributed by atoms with van der Waals surface area (Å²) in [6.45, 7) is 6.29. The second-order valence-corrected chi connectivity index (χ2v) is 7.48. The van der Waals surface area contributed by atoms with Gasteiger partial charge in [0.05, 0.1) is 11.0 Å². The van der Waals surface area contributed by atoms with E-state index in [4.69, 9.17) is 4.74 Å². The van der Waals surface area contributed by atoms with Gasteiger partial charge in [-0.3, -0.25) is 10.1 Å². The lowest BCUT2D eigenvalue weighted by molar-refractivity contribution is -0.118. The van der Waals surface area contributed by atoms with Crippen LogP contribution in [0.25, 0.3) is 11.0 Å². The molecule has 2 fully saturated rings. The number of nitrogens with zero attached hydrogens (tertiary/aromatic N) is 2. The Morgan fingerprint density at radius 2 is 2.15 bits per heavy atom. The predicted molar refractivity (Wildman–Crippen MR) is 109 cm³/mol. The Morgan fingerprint density at radius 3 is 2.93 bits per heavy atom. The third-order valence-electron chi connectivity index (χ3n) is 5.87. The third kappa shape index (κ3) is 4.13. The first-order chi connectivity index (χ1) is 12.7. The van der Waals surface area contributed by atoms with Crippen molar-refractivity contribution in [1.82, 2.24) is 14.9 Å². The number of piperidine rings is 1. The summed E-state index contributed by atoms with van der Waals surface area (Å²) >= 11 is 0. The van der Waals surface area contributed by atoms with Crippen LogP contribution < -0.4 is 10.6 Å². The predicted octanol–water partition coefficient (Wildman–Crippen LogP) is 3.21. The quantitative estimate of drug-likeness (QED) is 0.710. The molecule has 1 aliphatic carbocycles. The largest absolute Gasteiger partial charge is 0.382 e. The highest BCUT2D eigenvalue weighted by Gasteiger charge is 2.57. The molecule has 27 heavy (non-hydrogen) atoms. The maximum Gasteiger partial charge on any atom is 0.230 e. The molecule has 1 atom stereocenters. The third-order valence-corrected chi connectivity index (χ3v) is 5.87. The highest BCUT2D eigenvalue weighted by Crippen LogP contribution is 2.58. The summed E-state index contributed by atoms with van der Waals surface area (Å²) in [6, 6.07) is 8.05. The van der Waals surface area contributed by atoms with Crippen LogP contribution in [-0.4, -0.2) is 41.8 Å². The average Bonchev–Trinajstić information content (AvgIpc) is 3.24. The molecule has 2 heterocycles. The molecule has 2 aliphatic rings. The molecule has 1 amide bonds. The fraction of sp³-hybridized carbons (Fsp3) is 0.600. The smallest absolute Gasteiger partial charge is 0.230 e. The van der Waals surface area contributed by atoms with Crippen LogP contribution in [0.4, 0.5) is 5.95 Å². The van der Waals surface area contributed by atoms with Gasteiger partial charge in [-0.25, -0.2) is 4.98 Å². The molecule has 7 heteroatoms. The Bertz CT molecular complexity index is 785. The Kier molecular flexibility index (Phi) is 6.40. The molecule has 1 saturated carbocycles. The molecule has 1 saturated heterocycles. The SMILES string of the molecule is CCOCCCn1c(NC(=O)C2CC23CCNCC3)nc2ccccc21.Cl. The number of halogens is 1. The van der Waals surface area contributed by atoms with Crippen LogP contribution >= 0.6 is 12.4 Å². The summed E-state index contributed by atoms with van der Waals surface area (Å²) in [7, 11) is 0. The lowest BCUT2D eigenvalue weighted by Gasteiger charge is -2.23. The van der Waals surface area contributed by atoms with E-state index in [1.807, 2.05) is 25.1 Å². The molecule has 148 valence electrons. The van der Waals surface area contributed by atoms with Gasteiger partial charge in [0.2, 0.25) is 11.9 Å². The van der Waals surface area contributed by atoms with Crippen molar-refractivity contribution in [2.24, 2.45) is 11.3 Å². The minimum Gasteiger partial charge on any atom is -0.382 e. The van der Waals surface area contributed by atoms with Gasteiger partial charge in [-0.05, 0) is 63.2 Å². The van der Waals surface area contributed by atoms with E-state index < -0.39 is 0 Å². The summed E-state index contributed by atoms with van der Waals surface area (Å²) in [6.07, 6.45) is 4.13. The molecule has 4 rings (SSSR count). The minimum absolute atomic E-state index is 0. The fourth-order valence-corrected chi connectivity index (χ4v) is 4.26. The number of hydrogen-bond donors (Lipinski definition) is 2. The molecular formula is C20H29ClN4O2. The van der Waals surface area contributed by atoms with E-state index in [9.17, 15) is 4.79 Å². The van der Waals surface area contributed by atoms with Crippen molar-refractivity contribution in [2.75, 3.05) is 31.6 Å². The van der Waals surface area contributed by atoms with Crippen molar-refractivity contribution in [3.05, 3.63) is 24.3 Å². The van der Waals surface area contributed by atoms with E-state index in [1.54, 1.807) is 0 Å². The van der Waals surface area contributed by atoms with Crippen molar-refractivity contribution >= 4 is 35.3 Å². The summed E-state index contributed by atoms with van der Waals surface area (Å²) in [4.78, 5) is 17.5. The van der Waals surface area contributed by atoms with E-state index in [1.165, 1.54) is 0 Å². The number of carbonyl (C=O) groups excluding carboxylic acids is 1. The molecule has 1 unspecified atom stereocenters. The number of aryl methyl sites for hydroxylation is 1. The van der Waals surface area contributed by atoms with Crippen LogP contribution in [-0.2, 0) is 16.1 Å². The molecule has 0 radical (unpaired) electrons. The maximum absolute atomic E-state index is 12.8. The number of amides is 1. The minimum atomic E-state index is 0. The normalized spacial score (nSPS) is 20.4. The molecule has 2 aromatic rings. The van der Waals surface area contributed by atoms with Gasteiger partial charge in [-0.15, -0.1) is 12.4 Å². The first kappa shape index (κ1) is 20.1. The fourth-order valence-electron chi connectivity index (χ4n) is 4.26. The van der Waals surface area contributed by atoms with E-state index in [2.05, 4.69) is 26.3 Å². The molecular weight excluding hydrogens is 364 g/mol. The van der Waals surface area contributed by atoms with Crippen molar-refractivity contribution in [2.45, 2.75) is 39.2 Å². The number of para-hydroxylation sites is 2. The Labute approximate surface area is 166 Å². The Balaban J connectivity index is 0.00000210. The number of aromatic nitrogens is 2. The van der Waals surface area contributed by atoms with Crippen LogP contribution in [0.15, 0.2) is 24.3 Å². The number of hydrogen-bond acceptors (Lipinski definition) is 4. The zero-order valence-electron chi connectivity index (χ0n) is 15.9. The Morgan fingerprint density at radius 1 is 1.37 bits per heavy atom. The van der Waals surface area contributed by atoms with Crippen LogP contribution in [0.2, 0.25) is 0 Å². The standard InChI is InChI=1S/C20H28N4O2.ClH/c1-2-26-13-5-12-24-17-7-4-3-6-16(17)22-19(24)23-18(25)15-14-20(15)8-10-21-11-9-20;/h3-4,6-7,15,21H,2,5,8-14H2,1H3,(H,22,23,25);1H. The number of ether oxygens (including phenoxy) is 1. The first-order valence-corrected chi connectivity index (χ1v) is 9.78. The van der Waals surface area contributed by atoms with Crippen molar-refractivity contribution in [1.29, 1.82) is 0 Å². The van der Waals surface area contributed by atoms with Crippen molar-refractivity contribution < 1.29 is 9.53 Å². The molecule has 2 N–H and O–H groups in total. The molecule has 0 bridgehead atoms. The average molecular weight is 393 g/mol. The number of fused-ring (bicyclic) bond motifs is 1. The highest BCUT2D eigenvalue weighted by molar-refractivity contribution is 5.95. The molecule has 1 aromatic heterocycles. The van der Waals surface area contributed by atoms with Gasteiger partial charge < -0.3 is 14.6 Å². The summed E-state index contributed by atoms with van der Waals surface area (Å²) in [5, 5.41) is 6.52. The monoisotopic (exact) mass is 392 g/mol. The number of rotatable bonds is 7. The van der Waals surface area contributed by atoms with E-state index in [-0.39, 0.29) is 29.6 Å². The van der Waals surface area contributed by atoms with Gasteiger partial charge in [0.15, 0.2) is 0 Å². The van der Waals surface area contributed by atoms with Gasteiger partial charge in [0.25, 0.3) is 0 Å². The number of nitrogens with one attached hydrogen (secondary N) is 2. The first-order valence-electron chi connectivity index (χ1n) is 9.78.